The standard InChI is InChI=1S/C18H16ClN3O2/c1-20-18(23)14-7-2-3-8-15(14)21-11-17-22-10-16(24-17)12-5-4-6-13(19)9-12/h2-10,21H,11H2,1H3,(H,20,23). The van der Waals surface area contributed by atoms with Crippen molar-refractivity contribution in [1.82, 2.24) is 10.3 Å². The van der Waals surface area contributed by atoms with Gasteiger partial charge in [-0.1, -0.05) is 35.9 Å². The number of amides is 1. The highest BCUT2D eigenvalue weighted by molar-refractivity contribution is 6.30. The van der Waals surface area contributed by atoms with Crippen molar-refractivity contribution in [3.05, 3.63) is 71.2 Å². The van der Waals surface area contributed by atoms with Gasteiger partial charge in [0.2, 0.25) is 5.89 Å². The Balaban J connectivity index is 1.74. The van der Waals surface area contributed by atoms with Crippen LogP contribution in [0.1, 0.15) is 16.2 Å². The molecule has 24 heavy (non-hydrogen) atoms. The first-order chi connectivity index (χ1) is 11.7. The third kappa shape index (κ3) is 3.58. The van der Waals surface area contributed by atoms with E-state index in [1.54, 1.807) is 25.4 Å². The van der Waals surface area contributed by atoms with Gasteiger partial charge in [-0.3, -0.25) is 4.79 Å². The monoisotopic (exact) mass is 341 g/mol. The highest BCUT2D eigenvalue weighted by Gasteiger charge is 2.11. The number of nitrogens with one attached hydrogen (secondary N) is 2. The normalized spacial score (nSPS) is 10.4. The molecule has 0 bridgehead atoms. The number of nitrogens with zero attached hydrogens (tertiary/aromatic N) is 1. The number of oxazole rings is 1. The summed E-state index contributed by atoms with van der Waals surface area (Å²) in [6.45, 7) is 0.370. The van der Waals surface area contributed by atoms with Crippen molar-refractivity contribution in [2.45, 2.75) is 6.54 Å². The molecule has 0 spiro atoms. The average Bonchev–Trinajstić information content (AvgIpc) is 3.08. The number of hydrogen-bond donors (Lipinski definition) is 2. The van der Waals surface area contributed by atoms with Gasteiger partial charge in [0, 0.05) is 23.3 Å². The van der Waals surface area contributed by atoms with Crippen LogP contribution < -0.4 is 10.6 Å². The van der Waals surface area contributed by atoms with E-state index in [0.29, 0.717) is 28.8 Å². The lowest BCUT2D eigenvalue weighted by Gasteiger charge is -2.09. The largest absolute Gasteiger partial charge is 0.439 e. The van der Waals surface area contributed by atoms with Gasteiger partial charge < -0.3 is 15.1 Å². The zero-order chi connectivity index (χ0) is 16.9. The summed E-state index contributed by atoms with van der Waals surface area (Å²) in [4.78, 5) is 16.1. The summed E-state index contributed by atoms with van der Waals surface area (Å²) in [6.07, 6.45) is 1.66. The Labute approximate surface area is 144 Å². The summed E-state index contributed by atoms with van der Waals surface area (Å²) in [5.41, 5.74) is 2.16. The summed E-state index contributed by atoms with van der Waals surface area (Å²) >= 11 is 5.99. The second-order valence-corrected chi connectivity index (χ2v) is 5.54. The van der Waals surface area contributed by atoms with Crippen LogP contribution in [-0.2, 0) is 6.54 Å². The zero-order valence-electron chi connectivity index (χ0n) is 13.0. The van der Waals surface area contributed by atoms with Crippen molar-refractivity contribution in [3.8, 4) is 11.3 Å². The van der Waals surface area contributed by atoms with Crippen molar-refractivity contribution in [1.29, 1.82) is 0 Å². The van der Waals surface area contributed by atoms with E-state index in [4.69, 9.17) is 16.0 Å². The van der Waals surface area contributed by atoms with Gasteiger partial charge in [0.15, 0.2) is 5.76 Å². The Kier molecular flexibility index (Phi) is 4.82. The predicted molar refractivity (Wildman–Crippen MR) is 94.1 cm³/mol. The maximum Gasteiger partial charge on any atom is 0.253 e. The van der Waals surface area contributed by atoms with Crippen LogP contribution in [0.2, 0.25) is 5.02 Å². The van der Waals surface area contributed by atoms with Gasteiger partial charge in [0.1, 0.15) is 0 Å². The molecule has 3 rings (SSSR count). The topological polar surface area (TPSA) is 67.2 Å². The Morgan fingerprint density at radius 2 is 2.04 bits per heavy atom. The zero-order valence-corrected chi connectivity index (χ0v) is 13.8. The van der Waals surface area contributed by atoms with Crippen LogP contribution in [0.25, 0.3) is 11.3 Å². The highest BCUT2D eigenvalue weighted by atomic mass is 35.5. The molecular formula is C18H16ClN3O2. The van der Waals surface area contributed by atoms with Gasteiger partial charge in [0.05, 0.1) is 18.3 Å². The molecule has 6 heteroatoms. The van der Waals surface area contributed by atoms with Gasteiger partial charge in [-0.25, -0.2) is 4.98 Å². The van der Waals surface area contributed by atoms with Crippen LogP contribution in [0.3, 0.4) is 0 Å². The third-order valence-electron chi connectivity index (χ3n) is 3.49. The lowest BCUT2D eigenvalue weighted by Crippen LogP contribution is -2.19. The Bertz CT molecular complexity index is 861. The number of anilines is 1. The van der Waals surface area contributed by atoms with E-state index in [1.165, 1.54) is 0 Å². The number of halogens is 1. The van der Waals surface area contributed by atoms with E-state index in [2.05, 4.69) is 15.6 Å². The molecule has 0 atom stereocenters. The summed E-state index contributed by atoms with van der Waals surface area (Å²) in [5, 5.41) is 6.44. The number of rotatable bonds is 5. The van der Waals surface area contributed by atoms with E-state index in [0.717, 1.165) is 11.3 Å². The van der Waals surface area contributed by atoms with Gasteiger partial charge >= 0.3 is 0 Å². The van der Waals surface area contributed by atoms with Gasteiger partial charge in [-0.2, -0.15) is 0 Å². The molecule has 0 saturated heterocycles. The number of para-hydroxylation sites is 1. The van der Waals surface area contributed by atoms with E-state index in [1.807, 2.05) is 36.4 Å². The minimum absolute atomic E-state index is 0.148. The Morgan fingerprint density at radius 3 is 2.83 bits per heavy atom. The molecule has 5 nitrogen and oxygen atoms in total. The van der Waals surface area contributed by atoms with Gasteiger partial charge in [0.25, 0.3) is 5.91 Å². The first kappa shape index (κ1) is 16.1. The predicted octanol–water partition coefficient (Wildman–Crippen LogP) is 3.97. The van der Waals surface area contributed by atoms with Crippen molar-refractivity contribution in [3.63, 3.8) is 0 Å². The molecule has 1 heterocycles. The average molecular weight is 342 g/mol. The quantitative estimate of drug-likeness (QED) is 0.737. The summed E-state index contributed by atoms with van der Waals surface area (Å²) < 4.78 is 5.74. The van der Waals surface area contributed by atoms with Crippen molar-refractivity contribution in [2.24, 2.45) is 0 Å². The van der Waals surface area contributed by atoms with Crippen LogP contribution in [-0.4, -0.2) is 17.9 Å². The molecule has 0 aliphatic rings. The fourth-order valence-corrected chi connectivity index (χ4v) is 2.50. The lowest BCUT2D eigenvalue weighted by molar-refractivity contribution is 0.0964. The minimum atomic E-state index is -0.148. The fraction of sp³-hybridized carbons (Fsp3) is 0.111. The van der Waals surface area contributed by atoms with Gasteiger partial charge in [-0.15, -0.1) is 0 Å². The fourth-order valence-electron chi connectivity index (χ4n) is 2.31. The molecule has 122 valence electrons. The van der Waals surface area contributed by atoms with Crippen LogP contribution in [0.5, 0.6) is 0 Å². The number of carbonyl (C=O) groups is 1. The smallest absolute Gasteiger partial charge is 0.253 e. The molecule has 0 fully saturated rings. The van der Waals surface area contributed by atoms with Crippen molar-refractivity contribution < 1.29 is 9.21 Å². The van der Waals surface area contributed by atoms with Gasteiger partial charge in [-0.05, 0) is 24.3 Å². The van der Waals surface area contributed by atoms with Crippen molar-refractivity contribution >= 4 is 23.2 Å². The molecule has 1 amide bonds. The first-order valence-corrected chi connectivity index (χ1v) is 7.81. The number of benzene rings is 2. The Morgan fingerprint density at radius 1 is 1.21 bits per heavy atom. The number of carbonyl (C=O) groups excluding carboxylic acids is 1. The maximum absolute atomic E-state index is 11.9. The van der Waals surface area contributed by atoms with E-state index in [-0.39, 0.29) is 5.91 Å². The Hall–Kier alpha value is -2.79. The molecule has 0 radical (unpaired) electrons. The minimum Gasteiger partial charge on any atom is -0.439 e. The third-order valence-corrected chi connectivity index (χ3v) is 3.73. The molecule has 0 unspecified atom stereocenters. The van der Waals surface area contributed by atoms with Crippen LogP contribution in [0.4, 0.5) is 5.69 Å². The van der Waals surface area contributed by atoms with Crippen LogP contribution in [0, 0.1) is 0 Å². The molecule has 0 aliphatic heterocycles. The first-order valence-electron chi connectivity index (χ1n) is 7.43. The molecule has 0 aliphatic carbocycles. The second-order valence-electron chi connectivity index (χ2n) is 5.11. The van der Waals surface area contributed by atoms with Crippen LogP contribution >= 0.6 is 11.6 Å². The lowest BCUT2D eigenvalue weighted by atomic mass is 10.1. The van der Waals surface area contributed by atoms with Crippen LogP contribution in [0.15, 0.2) is 59.1 Å². The highest BCUT2D eigenvalue weighted by Crippen LogP contribution is 2.24. The second kappa shape index (κ2) is 7.19. The summed E-state index contributed by atoms with van der Waals surface area (Å²) in [7, 11) is 1.60. The number of hydrogen-bond acceptors (Lipinski definition) is 4. The molecule has 0 saturated carbocycles. The maximum atomic E-state index is 11.9. The number of aromatic nitrogens is 1. The summed E-state index contributed by atoms with van der Waals surface area (Å²) in [5.74, 6) is 1.02. The van der Waals surface area contributed by atoms with E-state index >= 15 is 0 Å². The SMILES string of the molecule is CNC(=O)c1ccccc1NCc1ncc(-c2cccc(Cl)c2)o1. The van der Waals surface area contributed by atoms with E-state index in [9.17, 15) is 4.79 Å². The molecular weight excluding hydrogens is 326 g/mol. The molecule has 2 N–H and O–H groups in total. The summed E-state index contributed by atoms with van der Waals surface area (Å²) in [6, 6.07) is 14.7. The molecule has 2 aromatic carbocycles. The molecule has 1 aromatic heterocycles. The molecule has 3 aromatic rings. The van der Waals surface area contributed by atoms with Crippen molar-refractivity contribution in [2.75, 3.05) is 12.4 Å². The van der Waals surface area contributed by atoms with E-state index < -0.39 is 0 Å².